The van der Waals surface area contributed by atoms with E-state index >= 15 is 0 Å². The predicted molar refractivity (Wildman–Crippen MR) is 71.0 cm³/mol. The number of fused-ring (bicyclic) bond motifs is 1. The number of anilines is 1. The summed E-state index contributed by atoms with van der Waals surface area (Å²) in [5.41, 5.74) is 2.95. The first-order valence-corrected chi connectivity index (χ1v) is 5.97. The van der Waals surface area contributed by atoms with E-state index in [2.05, 4.69) is 5.32 Å². The summed E-state index contributed by atoms with van der Waals surface area (Å²) in [5, 5.41) is 13.7. The molecule has 0 aliphatic heterocycles. The van der Waals surface area contributed by atoms with Gasteiger partial charge in [-0.2, -0.15) is 0 Å². The second kappa shape index (κ2) is 4.37. The molecule has 0 saturated heterocycles. The van der Waals surface area contributed by atoms with Gasteiger partial charge in [0.2, 0.25) is 5.91 Å². The van der Waals surface area contributed by atoms with E-state index in [0.29, 0.717) is 11.3 Å². The lowest BCUT2D eigenvalue weighted by Crippen LogP contribution is -2.06. The van der Waals surface area contributed by atoms with Crippen molar-refractivity contribution in [2.45, 2.75) is 34.1 Å². The van der Waals surface area contributed by atoms with Gasteiger partial charge >= 0.3 is 0 Å². The molecule has 0 aliphatic carbocycles. The normalized spacial score (nSPS) is 10.9. The van der Waals surface area contributed by atoms with Crippen LogP contribution in [0, 0.1) is 13.8 Å². The van der Waals surface area contributed by atoms with E-state index in [-0.39, 0.29) is 11.7 Å². The number of carbonyl (C=O) groups is 1. The quantitative estimate of drug-likeness (QED) is 0.800. The van der Waals surface area contributed by atoms with Crippen LogP contribution in [0.2, 0.25) is 0 Å². The molecule has 0 fully saturated rings. The fraction of sp³-hybridized carbons (Fsp3) is 0.357. The van der Waals surface area contributed by atoms with Gasteiger partial charge in [-0.3, -0.25) is 4.79 Å². The second-order valence-electron chi connectivity index (χ2n) is 4.45. The number of hydrogen-bond acceptors (Lipinski definition) is 3. The Hall–Kier alpha value is -1.97. The van der Waals surface area contributed by atoms with Gasteiger partial charge in [0, 0.05) is 12.3 Å². The van der Waals surface area contributed by atoms with E-state index in [1.807, 2.05) is 20.8 Å². The number of hydrogen-bond donors (Lipinski definition) is 2. The molecule has 0 spiro atoms. The number of phenols is 1. The number of rotatable bonds is 2. The zero-order valence-corrected chi connectivity index (χ0v) is 11.0. The molecule has 0 saturated carbocycles. The minimum atomic E-state index is -0.216. The lowest BCUT2D eigenvalue weighted by atomic mass is 10.0. The van der Waals surface area contributed by atoms with Crippen LogP contribution in [0.1, 0.15) is 30.7 Å². The van der Waals surface area contributed by atoms with Crippen LogP contribution < -0.4 is 5.32 Å². The molecule has 2 rings (SSSR count). The van der Waals surface area contributed by atoms with Crippen LogP contribution in [0.25, 0.3) is 11.0 Å². The predicted octanol–water partition coefficient (Wildman–Crippen LogP) is 3.28. The lowest BCUT2D eigenvalue weighted by Gasteiger charge is -2.09. The van der Waals surface area contributed by atoms with Crippen LogP contribution in [0.5, 0.6) is 5.75 Å². The number of benzene rings is 1. The fourth-order valence-corrected chi connectivity index (χ4v) is 2.18. The van der Waals surface area contributed by atoms with Crippen LogP contribution in [-0.4, -0.2) is 11.0 Å². The van der Waals surface area contributed by atoms with Crippen molar-refractivity contribution in [3.05, 3.63) is 23.0 Å². The smallest absolute Gasteiger partial charge is 0.221 e. The number of nitrogens with one attached hydrogen (secondary N) is 1. The van der Waals surface area contributed by atoms with E-state index in [1.165, 1.54) is 6.92 Å². The van der Waals surface area contributed by atoms with Gasteiger partial charge in [0.05, 0.1) is 5.69 Å². The van der Waals surface area contributed by atoms with Crippen molar-refractivity contribution in [1.82, 2.24) is 0 Å². The van der Waals surface area contributed by atoms with Crippen molar-refractivity contribution in [3.8, 4) is 5.75 Å². The average molecular weight is 247 g/mol. The van der Waals surface area contributed by atoms with Crippen molar-refractivity contribution in [2.24, 2.45) is 0 Å². The highest BCUT2D eigenvalue weighted by atomic mass is 16.4. The van der Waals surface area contributed by atoms with Gasteiger partial charge in [-0.15, -0.1) is 0 Å². The van der Waals surface area contributed by atoms with Crippen LogP contribution in [-0.2, 0) is 11.2 Å². The Balaban J connectivity index is 2.78. The van der Waals surface area contributed by atoms with Crippen LogP contribution in [0.15, 0.2) is 10.5 Å². The van der Waals surface area contributed by atoms with Crippen molar-refractivity contribution >= 4 is 22.6 Å². The van der Waals surface area contributed by atoms with E-state index in [0.717, 1.165) is 28.7 Å². The molecule has 0 radical (unpaired) electrons. The summed E-state index contributed by atoms with van der Waals surface area (Å²) in [7, 11) is 0. The highest BCUT2D eigenvalue weighted by molar-refractivity contribution is 5.99. The molecule has 4 heteroatoms. The van der Waals surface area contributed by atoms with Gasteiger partial charge in [-0.25, -0.2) is 0 Å². The Bertz CT molecular complexity index is 626. The zero-order chi connectivity index (χ0) is 13.4. The number of furan rings is 1. The fourth-order valence-electron chi connectivity index (χ4n) is 2.18. The molecule has 0 aliphatic rings. The first kappa shape index (κ1) is 12.5. The summed E-state index contributed by atoms with van der Waals surface area (Å²) in [4.78, 5) is 11.1. The van der Waals surface area contributed by atoms with E-state index in [1.54, 1.807) is 6.07 Å². The number of aromatic hydroxyl groups is 1. The minimum absolute atomic E-state index is 0.00593. The molecule has 1 aromatic carbocycles. The van der Waals surface area contributed by atoms with Crippen LogP contribution >= 0.6 is 0 Å². The van der Waals surface area contributed by atoms with Gasteiger partial charge in [0.15, 0.2) is 11.3 Å². The van der Waals surface area contributed by atoms with Crippen LogP contribution in [0.3, 0.4) is 0 Å². The third-order valence-electron chi connectivity index (χ3n) is 3.19. The summed E-state index contributed by atoms with van der Waals surface area (Å²) < 4.78 is 5.59. The lowest BCUT2D eigenvalue weighted by molar-refractivity contribution is -0.114. The maximum atomic E-state index is 11.1. The minimum Gasteiger partial charge on any atom is -0.503 e. The van der Waals surface area contributed by atoms with Gasteiger partial charge in [0.1, 0.15) is 5.76 Å². The largest absolute Gasteiger partial charge is 0.503 e. The third kappa shape index (κ3) is 1.83. The van der Waals surface area contributed by atoms with E-state index in [9.17, 15) is 9.90 Å². The molecule has 18 heavy (non-hydrogen) atoms. The Kier molecular flexibility index (Phi) is 3.03. The summed E-state index contributed by atoms with van der Waals surface area (Å²) in [6.07, 6.45) is 0.809. The van der Waals surface area contributed by atoms with Crippen molar-refractivity contribution in [1.29, 1.82) is 0 Å². The Morgan fingerprint density at radius 2 is 2.11 bits per heavy atom. The molecule has 0 atom stereocenters. The number of phenolic OH excluding ortho intramolecular Hbond substituents is 1. The van der Waals surface area contributed by atoms with Crippen molar-refractivity contribution in [3.63, 3.8) is 0 Å². The molecule has 2 N–H and O–H groups in total. The van der Waals surface area contributed by atoms with Gasteiger partial charge in [0.25, 0.3) is 0 Å². The van der Waals surface area contributed by atoms with E-state index in [4.69, 9.17) is 4.42 Å². The van der Waals surface area contributed by atoms with E-state index < -0.39 is 0 Å². The third-order valence-corrected chi connectivity index (χ3v) is 3.19. The molecule has 96 valence electrons. The monoisotopic (exact) mass is 247 g/mol. The number of amides is 1. The average Bonchev–Trinajstić information content (AvgIpc) is 2.60. The molecule has 0 unspecified atom stereocenters. The van der Waals surface area contributed by atoms with Crippen LogP contribution in [0.4, 0.5) is 5.69 Å². The standard InChI is InChI=1S/C14H17NO3/c1-5-10-6-11(15-9(4)16)13(17)14-12(10)7(2)8(3)18-14/h6,17H,5H2,1-4H3,(H,15,16). The zero-order valence-electron chi connectivity index (χ0n) is 11.0. The Morgan fingerprint density at radius 1 is 1.44 bits per heavy atom. The Labute approximate surface area is 106 Å². The van der Waals surface area contributed by atoms with Gasteiger partial charge in [-0.05, 0) is 37.5 Å². The molecule has 0 bridgehead atoms. The number of carbonyl (C=O) groups excluding carboxylic acids is 1. The van der Waals surface area contributed by atoms with Gasteiger partial charge in [-0.1, -0.05) is 6.92 Å². The first-order chi connectivity index (χ1) is 8.45. The molecule has 2 aromatic rings. The summed E-state index contributed by atoms with van der Waals surface area (Å²) in [6.45, 7) is 7.28. The van der Waals surface area contributed by atoms with Gasteiger partial charge < -0.3 is 14.8 Å². The molecular formula is C14H17NO3. The van der Waals surface area contributed by atoms with Crippen molar-refractivity contribution < 1.29 is 14.3 Å². The maximum absolute atomic E-state index is 11.1. The summed E-state index contributed by atoms with van der Waals surface area (Å²) >= 11 is 0. The highest BCUT2D eigenvalue weighted by Gasteiger charge is 2.18. The topological polar surface area (TPSA) is 62.5 Å². The van der Waals surface area contributed by atoms with Crippen molar-refractivity contribution in [2.75, 3.05) is 5.32 Å². The highest BCUT2D eigenvalue weighted by Crippen LogP contribution is 2.39. The SMILES string of the molecule is CCc1cc(NC(C)=O)c(O)c2oc(C)c(C)c12. The molecule has 1 heterocycles. The first-order valence-electron chi connectivity index (χ1n) is 5.97. The molecule has 4 nitrogen and oxygen atoms in total. The molecule has 1 aromatic heterocycles. The second-order valence-corrected chi connectivity index (χ2v) is 4.45. The maximum Gasteiger partial charge on any atom is 0.221 e. The molecular weight excluding hydrogens is 230 g/mol. The Morgan fingerprint density at radius 3 is 2.67 bits per heavy atom. The summed E-state index contributed by atoms with van der Waals surface area (Å²) in [5.74, 6) is 0.565. The summed E-state index contributed by atoms with van der Waals surface area (Å²) in [6, 6.07) is 1.81. The molecule has 1 amide bonds. The number of aryl methyl sites for hydroxylation is 3.